The number of likely N-dealkylation sites (N-methyl/N-ethyl adjacent to an activating group) is 1. The van der Waals surface area contributed by atoms with Gasteiger partial charge in [-0.05, 0) is 33.1 Å². The van der Waals surface area contributed by atoms with Crippen molar-refractivity contribution in [2.75, 3.05) is 26.7 Å². The van der Waals surface area contributed by atoms with Crippen LogP contribution in [0.5, 0.6) is 0 Å². The summed E-state index contributed by atoms with van der Waals surface area (Å²) >= 11 is 0. The summed E-state index contributed by atoms with van der Waals surface area (Å²) in [4.78, 5) is 16.2. The Morgan fingerprint density at radius 2 is 2.12 bits per heavy atom. The summed E-state index contributed by atoms with van der Waals surface area (Å²) in [5, 5.41) is 3.40. The number of carbonyl (C=O) groups is 1. The summed E-state index contributed by atoms with van der Waals surface area (Å²) in [5.41, 5.74) is 0. The van der Waals surface area contributed by atoms with Gasteiger partial charge in [0.05, 0.1) is 6.54 Å². The number of hydrogen-bond acceptors (Lipinski definition) is 3. The number of nitrogens with one attached hydrogen (secondary N) is 1. The third kappa shape index (κ3) is 3.42. The van der Waals surface area contributed by atoms with E-state index in [2.05, 4.69) is 10.2 Å². The number of amides is 1. The highest BCUT2D eigenvalue weighted by molar-refractivity contribution is 5.78. The van der Waals surface area contributed by atoms with Crippen LogP contribution in [-0.2, 0) is 4.79 Å². The third-order valence-corrected chi connectivity index (χ3v) is 3.99. The Balaban J connectivity index is 1.66. The smallest absolute Gasteiger partial charge is 0.236 e. The average Bonchev–Trinajstić information content (AvgIpc) is 3.05. The first-order valence-corrected chi connectivity index (χ1v) is 6.81. The van der Waals surface area contributed by atoms with Gasteiger partial charge in [0.25, 0.3) is 0 Å². The van der Waals surface area contributed by atoms with Crippen LogP contribution >= 0.6 is 0 Å². The fourth-order valence-electron chi connectivity index (χ4n) is 2.37. The molecule has 1 atom stereocenters. The summed E-state index contributed by atoms with van der Waals surface area (Å²) in [6.45, 7) is 6.91. The highest BCUT2D eigenvalue weighted by Gasteiger charge is 2.34. The number of nitrogens with zero attached hydrogens (tertiary/aromatic N) is 2. The molecule has 1 amide bonds. The lowest BCUT2D eigenvalue weighted by molar-refractivity contribution is -0.130. The Hall–Kier alpha value is -0.610. The lowest BCUT2D eigenvalue weighted by atomic mass is 10.2. The molecule has 17 heavy (non-hydrogen) atoms. The van der Waals surface area contributed by atoms with E-state index in [1.165, 1.54) is 25.8 Å². The molecule has 1 saturated carbocycles. The fraction of sp³-hybridized carbons (Fsp3) is 0.923. The van der Waals surface area contributed by atoms with Gasteiger partial charge >= 0.3 is 0 Å². The minimum Gasteiger partial charge on any atom is -0.342 e. The number of hydrogen-bond donors (Lipinski definition) is 1. The summed E-state index contributed by atoms with van der Waals surface area (Å²) in [5.74, 6) is 0.199. The molecule has 1 unspecified atom stereocenters. The predicted octanol–water partition coefficient (Wildman–Crippen LogP) is 0.680. The van der Waals surface area contributed by atoms with E-state index >= 15 is 0 Å². The molecule has 4 heteroatoms. The zero-order valence-electron chi connectivity index (χ0n) is 11.3. The van der Waals surface area contributed by atoms with Gasteiger partial charge < -0.3 is 10.2 Å². The minimum atomic E-state index is 0.199. The summed E-state index contributed by atoms with van der Waals surface area (Å²) in [6, 6.07) is 1.66. The monoisotopic (exact) mass is 239 g/mol. The van der Waals surface area contributed by atoms with Gasteiger partial charge in [0.1, 0.15) is 0 Å². The van der Waals surface area contributed by atoms with Gasteiger partial charge in [-0.3, -0.25) is 9.69 Å². The van der Waals surface area contributed by atoms with E-state index in [4.69, 9.17) is 0 Å². The van der Waals surface area contributed by atoms with Crippen molar-refractivity contribution in [3.05, 3.63) is 0 Å². The second-order valence-electron chi connectivity index (χ2n) is 5.69. The first kappa shape index (κ1) is 12.8. The minimum absolute atomic E-state index is 0.199. The molecule has 2 fully saturated rings. The Morgan fingerprint density at radius 1 is 1.41 bits per heavy atom. The maximum absolute atomic E-state index is 11.8. The Kier molecular flexibility index (Phi) is 4.05. The van der Waals surface area contributed by atoms with Gasteiger partial charge in [-0.2, -0.15) is 0 Å². The van der Waals surface area contributed by atoms with Crippen LogP contribution in [-0.4, -0.2) is 60.5 Å². The maximum atomic E-state index is 11.8. The third-order valence-electron chi connectivity index (χ3n) is 3.99. The summed E-state index contributed by atoms with van der Waals surface area (Å²) in [7, 11) is 1.87. The van der Waals surface area contributed by atoms with Crippen molar-refractivity contribution >= 4 is 5.91 Å². The fourth-order valence-corrected chi connectivity index (χ4v) is 2.37. The van der Waals surface area contributed by atoms with Crippen LogP contribution in [0.1, 0.15) is 33.1 Å². The van der Waals surface area contributed by atoms with E-state index in [0.29, 0.717) is 12.6 Å². The number of carbonyl (C=O) groups excluding carboxylic acids is 1. The van der Waals surface area contributed by atoms with Crippen LogP contribution in [0, 0.1) is 0 Å². The highest BCUT2D eigenvalue weighted by atomic mass is 16.2. The van der Waals surface area contributed by atoms with E-state index in [9.17, 15) is 4.79 Å². The second-order valence-corrected chi connectivity index (χ2v) is 5.69. The van der Waals surface area contributed by atoms with Gasteiger partial charge in [-0.25, -0.2) is 0 Å². The van der Waals surface area contributed by atoms with Crippen LogP contribution in [0.25, 0.3) is 0 Å². The van der Waals surface area contributed by atoms with Gasteiger partial charge in [0.15, 0.2) is 0 Å². The molecule has 1 N–H and O–H groups in total. The first-order chi connectivity index (χ1) is 8.08. The van der Waals surface area contributed by atoms with Crippen molar-refractivity contribution in [3.63, 3.8) is 0 Å². The predicted molar refractivity (Wildman–Crippen MR) is 68.9 cm³/mol. The molecule has 0 aromatic carbocycles. The number of likely N-dealkylation sites (tertiary alicyclic amines) is 1. The van der Waals surface area contributed by atoms with Crippen LogP contribution in [0.3, 0.4) is 0 Å². The van der Waals surface area contributed by atoms with E-state index in [1.54, 1.807) is 4.90 Å². The maximum Gasteiger partial charge on any atom is 0.236 e. The van der Waals surface area contributed by atoms with Gasteiger partial charge in [-0.1, -0.05) is 0 Å². The Labute approximate surface area is 104 Å². The molecule has 0 radical (unpaired) electrons. The molecule has 0 bridgehead atoms. The molecular weight excluding hydrogens is 214 g/mol. The topological polar surface area (TPSA) is 35.6 Å². The van der Waals surface area contributed by atoms with Gasteiger partial charge in [-0.15, -0.1) is 0 Å². The van der Waals surface area contributed by atoms with Gasteiger partial charge in [0, 0.05) is 38.3 Å². The molecule has 1 aliphatic carbocycles. The molecule has 98 valence electrons. The summed E-state index contributed by atoms with van der Waals surface area (Å²) in [6.07, 6.45) is 3.94. The van der Waals surface area contributed by atoms with Gasteiger partial charge in [0.2, 0.25) is 5.91 Å². The largest absolute Gasteiger partial charge is 0.342 e. The zero-order chi connectivity index (χ0) is 12.4. The van der Waals surface area contributed by atoms with Crippen molar-refractivity contribution in [3.8, 4) is 0 Å². The summed E-state index contributed by atoms with van der Waals surface area (Å²) < 4.78 is 0. The van der Waals surface area contributed by atoms with Crippen molar-refractivity contribution in [1.82, 2.24) is 15.1 Å². The Bertz CT molecular complexity index is 276. The molecular formula is C13H25N3O. The quantitative estimate of drug-likeness (QED) is 0.766. The molecule has 1 saturated heterocycles. The zero-order valence-corrected chi connectivity index (χ0v) is 11.3. The average molecular weight is 239 g/mol. The Morgan fingerprint density at radius 3 is 2.71 bits per heavy atom. The van der Waals surface area contributed by atoms with Crippen LogP contribution < -0.4 is 5.32 Å². The standard InChI is InChI=1S/C13H25N3O/c1-10(2)15(3)13(17)8-14-11-6-7-16(9-11)12-4-5-12/h10-12,14H,4-9H2,1-3H3. The van der Waals surface area contributed by atoms with Crippen LogP contribution in [0.2, 0.25) is 0 Å². The van der Waals surface area contributed by atoms with Crippen molar-refractivity contribution in [2.24, 2.45) is 0 Å². The molecule has 1 aliphatic heterocycles. The molecule has 1 heterocycles. The highest BCUT2D eigenvalue weighted by Crippen LogP contribution is 2.29. The van der Waals surface area contributed by atoms with Crippen LogP contribution in [0.4, 0.5) is 0 Å². The molecule has 0 aromatic rings. The van der Waals surface area contributed by atoms with Crippen LogP contribution in [0.15, 0.2) is 0 Å². The van der Waals surface area contributed by atoms with E-state index in [-0.39, 0.29) is 11.9 Å². The molecule has 2 rings (SSSR count). The van der Waals surface area contributed by atoms with E-state index in [1.807, 2.05) is 20.9 Å². The normalized spacial score (nSPS) is 25.5. The van der Waals surface area contributed by atoms with Crippen molar-refractivity contribution < 1.29 is 4.79 Å². The first-order valence-electron chi connectivity index (χ1n) is 6.81. The molecule has 0 spiro atoms. The SMILES string of the molecule is CC(C)N(C)C(=O)CNC1CCN(C2CC2)C1. The number of rotatable bonds is 5. The molecule has 4 nitrogen and oxygen atoms in total. The van der Waals surface area contributed by atoms with Crippen molar-refractivity contribution in [2.45, 2.75) is 51.2 Å². The van der Waals surface area contributed by atoms with E-state index < -0.39 is 0 Å². The molecule has 0 aromatic heterocycles. The lowest BCUT2D eigenvalue weighted by Gasteiger charge is -2.23. The van der Waals surface area contributed by atoms with E-state index in [0.717, 1.165) is 12.6 Å². The molecule has 2 aliphatic rings. The lowest BCUT2D eigenvalue weighted by Crippen LogP contribution is -2.43. The van der Waals surface area contributed by atoms with Crippen molar-refractivity contribution in [1.29, 1.82) is 0 Å². The second kappa shape index (κ2) is 5.36.